The highest BCUT2D eigenvalue weighted by molar-refractivity contribution is 5.93. The van der Waals surface area contributed by atoms with Gasteiger partial charge in [0, 0.05) is 6.54 Å². The standard InChI is InChI=1S/C26H24N4O3/c1-3-12-33-24-7-5-4-6-19(24)25-28-21-14-22-23(13-20(21)26(31)29-25)30(16-27-22)15-17-8-10-18(32-2)11-9-17/h4-11,13-14,16H,3,12,15H2,1-2H3,(H,28,29,31). The lowest BCUT2D eigenvalue weighted by atomic mass is 10.1. The second kappa shape index (κ2) is 8.78. The molecule has 5 aromatic rings. The van der Waals surface area contributed by atoms with Crippen molar-refractivity contribution in [1.29, 1.82) is 0 Å². The molecule has 0 radical (unpaired) electrons. The van der Waals surface area contributed by atoms with Gasteiger partial charge in [0.2, 0.25) is 0 Å². The Morgan fingerprint density at radius 3 is 2.64 bits per heavy atom. The number of aromatic amines is 1. The van der Waals surface area contributed by atoms with Crippen LogP contribution in [0.25, 0.3) is 33.3 Å². The Bertz CT molecular complexity index is 1490. The summed E-state index contributed by atoms with van der Waals surface area (Å²) < 4.78 is 13.1. The zero-order valence-corrected chi connectivity index (χ0v) is 18.5. The summed E-state index contributed by atoms with van der Waals surface area (Å²) in [6.07, 6.45) is 2.68. The van der Waals surface area contributed by atoms with E-state index in [1.807, 2.05) is 65.2 Å². The van der Waals surface area contributed by atoms with Crippen molar-refractivity contribution in [1.82, 2.24) is 19.5 Å². The lowest BCUT2D eigenvalue weighted by Crippen LogP contribution is -2.10. The molecule has 0 aliphatic heterocycles. The highest BCUT2D eigenvalue weighted by Crippen LogP contribution is 2.28. The minimum Gasteiger partial charge on any atom is -0.497 e. The largest absolute Gasteiger partial charge is 0.497 e. The highest BCUT2D eigenvalue weighted by atomic mass is 16.5. The maximum atomic E-state index is 13.0. The molecule has 0 saturated carbocycles. The fourth-order valence-electron chi connectivity index (χ4n) is 3.87. The number of methoxy groups -OCH3 is 1. The first kappa shape index (κ1) is 20.8. The molecule has 166 valence electrons. The molecule has 2 aromatic heterocycles. The van der Waals surface area contributed by atoms with Crippen molar-refractivity contribution in [2.75, 3.05) is 13.7 Å². The monoisotopic (exact) mass is 440 g/mol. The summed E-state index contributed by atoms with van der Waals surface area (Å²) in [5.74, 6) is 2.00. The molecule has 0 unspecified atom stereocenters. The first-order valence-corrected chi connectivity index (χ1v) is 10.9. The minimum absolute atomic E-state index is 0.195. The average Bonchev–Trinajstić information content (AvgIpc) is 3.23. The molecule has 0 atom stereocenters. The molecule has 1 N–H and O–H groups in total. The van der Waals surface area contributed by atoms with Gasteiger partial charge < -0.3 is 19.0 Å². The third-order valence-corrected chi connectivity index (χ3v) is 5.56. The third kappa shape index (κ3) is 4.05. The summed E-state index contributed by atoms with van der Waals surface area (Å²) in [5.41, 5.74) is 3.94. The Labute approximate surface area is 190 Å². The average molecular weight is 441 g/mol. The van der Waals surface area contributed by atoms with E-state index in [1.54, 1.807) is 13.4 Å². The molecule has 7 nitrogen and oxygen atoms in total. The highest BCUT2D eigenvalue weighted by Gasteiger charge is 2.13. The van der Waals surface area contributed by atoms with E-state index in [4.69, 9.17) is 14.5 Å². The van der Waals surface area contributed by atoms with Gasteiger partial charge in [-0.2, -0.15) is 0 Å². The van der Waals surface area contributed by atoms with Crippen molar-refractivity contribution in [3.63, 3.8) is 0 Å². The number of imidazole rings is 1. The van der Waals surface area contributed by atoms with Gasteiger partial charge in [-0.15, -0.1) is 0 Å². The van der Waals surface area contributed by atoms with E-state index < -0.39 is 0 Å². The molecule has 33 heavy (non-hydrogen) atoms. The van der Waals surface area contributed by atoms with Crippen LogP contribution in [0.5, 0.6) is 11.5 Å². The van der Waals surface area contributed by atoms with Crippen LogP contribution in [0.3, 0.4) is 0 Å². The summed E-state index contributed by atoms with van der Waals surface area (Å²) in [6, 6.07) is 19.2. The van der Waals surface area contributed by atoms with Gasteiger partial charge in [0.25, 0.3) is 5.56 Å². The van der Waals surface area contributed by atoms with Crippen molar-refractivity contribution in [2.24, 2.45) is 0 Å². The molecule has 0 aliphatic rings. The van der Waals surface area contributed by atoms with Crippen LogP contribution in [-0.2, 0) is 6.54 Å². The van der Waals surface area contributed by atoms with Gasteiger partial charge in [0.15, 0.2) is 0 Å². The van der Waals surface area contributed by atoms with Crippen LogP contribution >= 0.6 is 0 Å². The lowest BCUT2D eigenvalue weighted by Gasteiger charge is -2.11. The van der Waals surface area contributed by atoms with E-state index in [0.717, 1.165) is 34.3 Å². The first-order valence-electron chi connectivity index (χ1n) is 10.9. The number of hydrogen-bond acceptors (Lipinski definition) is 5. The van der Waals surface area contributed by atoms with Gasteiger partial charge in [-0.1, -0.05) is 31.2 Å². The lowest BCUT2D eigenvalue weighted by molar-refractivity contribution is 0.318. The molecule has 0 spiro atoms. The maximum Gasteiger partial charge on any atom is 0.259 e. The van der Waals surface area contributed by atoms with Gasteiger partial charge in [-0.3, -0.25) is 4.79 Å². The second-order valence-corrected chi connectivity index (χ2v) is 7.84. The molecule has 3 aromatic carbocycles. The summed E-state index contributed by atoms with van der Waals surface area (Å²) in [7, 11) is 1.65. The molecule has 0 fully saturated rings. The van der Waals surface area contributed by atoms with Crippen LogP contribution in [0.1, 0.15) is 18.9 Å². The van der Waals surface area contributed by atoms with Crippen molar-refractivity contribution in [3.8, 4) is 22.9 Å². The summed E-state index contributed by atoms with van der Waals surface area (Å²) in [5, 5.41) is 0.523. The summed E-state index contributed by atoms with van der Waals surface area (Å²) >= 11 is 0. The number of fused-ring (bicyclic) bond motifs is 2. The zero-order valence-electron chi connectivity index (χ0n) is 18.5. The van der Waals surface area contributed by atoms with Gasteiger partial charge >= 0.3 is 0 Å². The van der Waals surface area contributed by atoms with Gasteiger partial charge in [0.1, 0.15) is 17.3 Å². The molecular formula is C26H24N4O3. The van der Waals surface area contributed by atoms with E-state index in [-0.39, 0.29) is 5.56 Å². The van der Waals surface area contributed by atoms with E-state index in [0.29, 0.717) is 35.6 Å². The fraction of sp³-hybridized carbons (Fsp3) is 0.192. The Morgan fingerprint density at radius 2 is 1.85 bits per heavy atom. The van der Waals surface area contributed by atoms with E-state index in [9.17, 15) is 4.79 Å². The Morgan fingerprint density at radius 1 is 1.03 bits per heavy atom. The van der Waals surface area contributed by atoms with Crippen LogP contribution in [0, 0.1) is 0 Å². The quantitative estimate of drug-likeness (QED) is 0.394. The number of nitrogens with one attached hydrogen (secondary N) is 1. The Hall–Kier alpha value is -4.13. The van der Waals surface area contributed by atoms with Crippen LogP contribution in [0.4, 0.5) is 0 Å². The van der Waals surface area contributed by atoms with Crippen molar-refractivity contribution < 1.29 is 9.47 Å². The SMILES string of the molecule is CCCOc1ccccc1-c1nc2cc3ncn(Cc4ccc(OC)cc4)c3cc2c(=O)[nH]1. The second-order valence-electron chi connectivity index (χ2n) is 7.84. The molecule has 0 aliphatic carbocycles. The van der Waals surface area contributed by atoms with Crippen molar-refractivity contribution in [2.45, 2.75) is 19.9 Å². The van der Waals surface area contributed by atoms with Gasteiger partial charge in [0.05, 0.1) is 47.5 Å². The zero-order chi connectivity index (χ0) is 22.8. The fourth-order valence-corrected chi connectivity index (χ4v) is 3.87. The maximum absolute atomic E-state index is 13.0. The normalized spacial score (nSPS) is 11.2. The van der Waals surface area contributed by atoms with Crippen LogP contribution in [-0.4, -0.2) is 33.2 Å². The number of rotatable bonds is 7. The molecule has 0 bridgehead atoms. The number of benzene rings is 3. The molecule has 0 saturated heterocycles. The van der Waals surface area contributed by atoms with E-state index in [2.05, 4.69) is 16.9 Å². The van der Waals surface area contributed by atoms with Gasteiger partial charge in [-0.05, 0) is 48.4 Å². The summed E-state index contributed by atoms with van der Waals surface area (Å²) in [6.45, 7) is 3.29. The number of hydrogen-bond donors (Lipinski definition) is 1. The number of para-hydroxylation sites is 1. The smallest absolute Gasteiger partial charge is 0.259 e. The predicted molar refractivity (Wildman–Crippen MR) is 129 cm³/mol. The molecule has 0 amide bonds. The number of ether oxygens (including phenoxy) is 2. The predicted octanol–water partition coefficient (Wildman–Crippen LogP) is 4.79. The number of H-pyrrole nitrogens is 1. The van der Waals surface area contributed by atoms with Crippen LogP contribution in [0.2, 0.25) is 0 Å². The van der Waals surface area contributed by atoms with E-state index in [1.165, 1.54) is 0 Å². The van der Waals surface area contributed by atoms with Crippen LogP contribution < -0.4 is 15.0 Å². The molecular weight excluding hydrogens is 416 g/mol. The number of nitrogens with zero attached hydrogens (tertiary/aromatic N) is 3. The Balaban J connectivity index is 1.55. The first-order chi connectivity index (χ1) is 16.2. The van der Waals surface area contributed by atoms with Gasteiger partial charge in [-0.25, -0.2) is 9.97 Å². The van der Waals surface area contributed by atoms with Crippen molar-refractivity contribution >= 4 is 21.9 Å². The molecule has 2 heterocycles. The Kier molecular flexibility index (Phi) is 5.52. The minimum atomic E-state index is -0.195. The van der Waals surface area contributed by atoms with Crippen molar-refractivity contribution in [3.05, 3.63) is 82.9 Å². The van der Waals surface area contributed by atoms with Crippen LogP contribution in [0.15, 0.2) is 71.8 Å². The third-order valence-electron chi connectivity index (χ3n) is 5.56. The number of aromatic nitrogens is 4. The topological polar surface area (TPSA) is 82.0 Å². The molecule has 5 rings (SSSR count). The molecule has 7 heteroatoms. The summed E-state index contributed by atoms with van der Waals surface area (Å²) in [4.78, 5) is 25.2. The van der Waals surface area contributed by atoms with E-state index >= 15 is 0 Å².